The lowest BCUT2D eigenvalue weighted by atomic mass is 9.85. The van der Waals surface area contributed by atoms with E-state index in [4.69, 9.17) is 5.41 Å². The first kappa shape index (κ1) is 27.5. The van der Waals surface area contributed by atoms with E-state index in [1.54, 1.807) is 36.4 Å². The Balaban J connectivity index is 1.90. The summed E-state index contributed by atoms with van der Waals surface area (Å²) in [7, 11) is -4.00. The quantitative estimate of drug-likeness (QED) is 0.401. The first-order chi connectivity index (χ1) is 18.2. The molecule has 0 fully saturated rings. The van der Waals surface area contributed by atoms with Crippen molar-refractivity contribution < 1.29 is 18.0 Å². The number of amides is 1. The minimum atomic E-state index is -4.00. The molecular weight excluding hydrogens is 498 g/mol. The molecule has 2 aliphatic rings. The molecular formula is C30H35N3O4S. The fourth-order valence-corrected chi connectivity index (χ4v) is 6.60. The molecule has 0 saturated heterocycles. The monoisotopic (exact) mass is 533 g/mol. The molecule has 4 rings (SSSR count). The maximum Gasteiger partial charge on any atom is 0.265 e. The summed E-state index contributed by atoms with van der Waals surface area (Å²) in [5.74, 6) is -0.608. The number of nitrogens with one attached hydrogen (secondary N) is 2. The molecule has 0 atom stereocenters. The Kier molecular flexibility index (Phi) is 8.31. The largest absolute Gasteiger partial charge is 0.333 e. The van der Waals surface area contributed by atoms with Gasteiger partial charge in [-0.3, -0.25) is 9.59 Å². The number of sulfonamides is 1. The molecule has 1 aliphatic carbocycles. The van der Waals surface area contributed by atoms with E-state index in [0.29, 0.717) is 17.5 Å². The van der Waals surface area contributed by atoms with Crippen LogP contribution in [-0.4, -0.2) is 30.4 Å². The highest BCUT2D eigenvalue weighted by atomic mass is 32.2. The lowest BCUT2D eigenvalue weighted by Gasteiger charge is -2.19. The van der Waals surface area contributed by atoms with Crippen molar-refractivity contribution in [2.24, 2.45) is 0 Å². The summed E-state index contributed by atoms with van der Waals surface area (Å²) < 4.78 is 29.7. The van der Waals surface area contributed by atoms with E-state index in [-0.39, 0.29) is 40.8 Å². The molecule has 38 heavy (non-hydrogen) atoms. The zero-order valence-electron chi connectivity index (χ0n) is 22.0. The number of hydrogen-bond acceptors (Lipinski definition) is 5. The zero-order valence-corrected chi connectivity index (χ0v) is 22.9. The summed E-state index contributed by atoms with van der Waals surface area (Å²) in [6.45, 7) is 8.20. The second kappa shape index (κ2) is 11.5. The maximum atomic E-state index is 13.1. The number of carbonyl (C=O) groups is 2. The van der Waals surface area contributed by atoms with Crippen molar-refractivity contribution in [1.82, 2.24) is 9.29 Å². The van der Waals surface area contributed by atoms with Gasteiger partial charge >= 0.3 is 0 Å². The number of benzene rings is 1. The van der Waals surface area contributed by atoms with E-state index in [0.717, 1.165) is 48.7 Å². The van der Waals surface area contributed by atoms with Gasteiger partial charge in [-0.15, -0.1) is 0 Å². The van der Waals surface area contributed by atoms with Gasteiger partial charge in [-0.1, -0.05) is 63.6 Å². The molecule has 0 saturated carbocycles. The third kappa shape index (κ3) is 5.36. The van der Waals surface area contributed by atoms with Crippen LogP contribution in [0.4, 0.5) is 0 Å². The van der Waals surface area contributed by atoms with Crippen molar-refractivity contribution in [1.29, 1.82) is 5.41 Å². The number of carbonyl (C=O) groups excluding carboxylic acids is 2. The highest BCUT2D eigenvalue weighted by Gasteiger charge is 2.31. The Labute approximate surface area is 224 Å². The number of fused-ring (bicyclic) bond motifs is 3. The molecule has 1 aromatic carbocycles. The molecule has 8 heteroatoms. The number of allylic oxidation sites excluding steroid dienone is 6. The lowest BCUT2D eigenvalue weighted by molar-refractivity contribution is -0.118. The van der Waals surface area contributed by atoms with Crippen molar-refractivity contribution >= 4 is 43.9 Å². The van der Waals surface area contributed by atoms with Crippen LogP contribution in [0, 0.1) is 5.41 Å². The second-order valence-electron chi connectivity index (χ2n) is 9.89. The first-order valence-corrected chi connectivity index (χ1v) is 14.7. The SMILES string of the molecule is C=C/C=C1\C(=N)CC(=O)Cn2c1c(C(CCC)CCC)c1ccc(C(=O)NS(=O)(=O)C3=CCCC=C3)cc12. The van der Waals surface area contributed by atoms with Crippen molar-refractivity contribution in [3.8, 4) is 0 Å². The molecule has 0 radical (unpaired) electrons. The van der Waals surface area contributed by atoms with Crippen LogP contribution >= 0.6 is 0 Å². The number of hydrogen-bond donors (Lipinski definition) is 2. The summed E-state index contributed by atoms with van der Waals surface area (Å²) in [6.07, 6.45) is 13.6. The topological polar surface area (TPSA) is 109 Å². The summed E-state index contributed by atoms with van der Waals surface area (Å²) in [6, 6.07) is 5.16. The molecule has 2 aromatic rings. The van der Waals surface area contributed by atoms with Crippen LogP contribution in [0.1, 0.15) is 86.3 Å². The number of Topliss-reactive ketones (excluding diaryl/α,β-unsaturated/α-hetero) is 1. The molecule has 2 N–H and O–H groups in total. The summed E-state index contributed by atoms with van der Waals surface area (Å²) in [4.78, 5) is 26.1. The Morgan fingerprint density at radius 3 is 2.58 bits per heavy atom. The maximum absolute atomic E-state index is 13.1. The smallest absolute Gasteiger partial charge is 0.265 e. The van der Waals surface area contributed by atoms with E-state index in [1.165, 1.54) is 6.08 Å². The van der Waals surface area contributed by atoms with Crippen LogP contribution in [0.5, 0.6) is 0 Å². The van der Waals surface area contributed by atoms with Gasteiger partial charge in [0.25, 0.3) is 15.9 Å². The number of nitrogens with zero attached hydrogens (tertiary/aromatic N) is 1. The van der Waals surface area contributed by atoms with Gasteiger partial charge in [0.2, 0.25) is 0 Å². The fourth-order valence-electron chi connectivity index (χ4n) is 5.51. The van der Waals surface area contributed by atoms with Crippen molar-refractivity contribution in [2.75, 3.05) is 0 Å². The molecule has 0 spiro atoms. The molecule has 1 aromatic heterocycles. The predicted octanol–water partition coefficient (Wildman–Crippen LogP) is 6.18. The first-order valence-electron chi connectivity index (χ1n) is 13.2. The molecule has 200 valence electrons. The molecule has 0 bridgehead atoms. The second-order valence-corrected chi connectivity index (χ2v) is 11.6. The molecule has 2 heterocycles. The van der Waals surface area contributed by atoms with Crippen molar-refractivity contribution in [3.05, 3.63) is 76.9 Å². The normalized spacial score (nSPS) is 17.0. The number of aromatic nitrogens is 1. The van der Waals surface area contributed by atoms with Gasteiger partial charge < -0.3 is 9.98 Å². The molecule has 7 nitrogen and oxygen atoms in total. The van der Waals surface area contributed by atoms with Gasteiger partial charge in [0, 0.05) is 27.8 Å². The third-order valence-corrected chi connectivity index (χ3v) is 8.50. The number of rotatable bonds is 9. The van der Waals surface area contributed by atoms with Gasteiger partial charge in [-0.25, -0.2) is 13.1 Å². The van der Waals surface area contributed by atoms with Crippen LogP contribution in [-0.2, 0) is 21.4 Å². The van der Waals surface area contributed by atoms with E-state index in [9.17, 15) is 18.0 Å². The highest BCUT2D eigenvalue weighted by molar-refractivity contribution is 7.94. The van der Waals surface area contributed by atoms with Crippen LogP contribution in [0.15, 0.2) is 60.1 Å². The lowest BCUT2D eigenvalue weighted by Crippen LogP contribution is -2.31. The van der Waals surface area contributed by atoms with Gasteiger partial charge in [-0.2, -0.15) is 0 Å². The van der Waals surface area contributed by atoms with Crippen LogP contribution in [0.2, 0.25) is 0 Å². The Bertz CT molecular complexity index is 1500. The minimum Gasteiger partial charge on any atom is -0.333 e. The Hall–Kier alpha value is -3.52. The van der Waals surface area contributed by atoms with Gasteiger partial charge in [0.1, 0.15) is 0 Å². The van der Waals surface area contributed by atoms with E-state index < -0.39 is 15.9 Å². The summed E-state index contributed by atoms with van der Waals surface area (Å²) >= 11 is 0. The Morgan fingerprint density at radius 1 is 1.21 bits per heavy atom. The average Bonchev–Trinajstić information content (AvgIpc) is 3.13. The summed E-state index contributed by atoms with van der Waals surface area (Å²) in [5.41, 5.74) is 3.70. The molecule has 1 amide bonds. The van der Waals surface area contributed by atoms with Gasteiger partial charge in [-0.05, 0) is 55.4 Å². The third-order valence-electron chi connectivity index (χ3n) is 7.12. The van der Waals surface area contributed by atoms with E-state index >= 15 is 0 Å². The predicted molar refractivity (Wildman–Crippen MR) is 153 cm³/mol. The Morgan fingerprint density at radius 2 is 1.95 bits per heavy atom. The van der Waals surface area contributed by atoms with Gasteiger partial charge in [0.05, 0.1) is 23.6 Å². The van der Waals surface area contributed by atoms with Crippen LogP contribution in [0.3, 0.4) is 0 Å². The van der Waals surface area contributed by atoms with E-state index in [2.05, 4.69) is 25.1 Å². The standard InChI is InChI=1S/C30H35N3O4S/c1-4-10-20(11-5-2)28-25-16-15-21(30(35)32-38(36,37)23-13-8-7-9-14-23)17-27(25)33-19-22(34)18-26(31)24(12-6-3)29(28)33/h6,8,12-17,20,31H,3-5,7,9-11,18-19H2,1-2H3,(H,32,35)/b24-12+,31-26?. The zero-order chi connectivity index (χ0) is 27.4. The average molecular weight is 534 g/mol. The highest BCUT2D eigenvalue weighted by Crippen LogP contribution is 2.42. The number of ketones is 1. The summed E-state index contributed by atoms with van der Waals surface area (Å²) in [5, 5.41) is 9.60. The van der Waals surface area contributed by atoms with Crippen LogP contribution < -0.4 is 4.72 Å². The molecule has 1 aliphatic heterocycles. The van der Waals surface area contributed by atoms with E-state index in [1.807, 2.05) is 10.6 Å². The van der Waals surface area contributed by atoms with Crippen molar-refractivity contribution in [2.45, 2.75) is 71.3 Å². The van der Waals surface area contributed by atoms with Crippen molar-refractivity contribution in [3.63, 3.8) is 0 Å². The molecule has 0 unspecified atom stereocenters. The fraction of sp³-hybridized carbons (Fsp3) is 0.367. The van der Waals surface area contributed by atoms with Crippen LogP contribution in [0.25, 0.3) is 16.5 Å². The minimum absolute atomic E-state index is 0.0234. The van der Waals surface area contributed by atoms with Gasteiger partial charge in [0.15, 0.2) is 5.78 Å².